The van der Waals surface area contributed by atoms with Gasteiger partial charge in [-0.1, -0.05) is 62.4 Å². The summed E-state index contributed by atoms with van der Waals surface area (Å²) in [5.41, 5.74) is 0.674. The summed E-state index contributed by atoms with van der Waals surface area (Å²) in [7, 11) is -2.27. The van der Waals surface area contributed by atoms with Crippen molar-refractivity contribution in [3.05, 3.63) is 90.4 Å². The summed E-state index contributed by atoms with van der Waals surface area (Å²) in [6, 6.07) is 16.7. The smallest absolute Gasteiger partial charge is 0.326 e. The molecule has 0 aliphatic carbocycles. The van der Waals surface area contributed by atoms with Crippen molar-refractivity contribution in [1.29, 1.82) is 0 Å². The van der Waals surface area contributed by atoms with E-state index in [1.54, 1.807) is 18.2 Å². The van der Waals surface area contributed by atoms with Gasteiger partial charge >= 0.3 is 5.97 Å². The van der Waals surface area contributed by atoms with E-state index in [4.69, 9.17) is 9.51 Å². The fraction of sp³-hybridized carbons (Fsp3) is 0.259. The molecule has 3 rings (SSSR count). The van der Waals surface area contributed by atoms with Gasteiger partial charge in [-0.15, -0.1) is 6.58 Å². The molecule has 6 nitrogen and oxygen atoms in total. The van der Waals surface area contributed by atoms with Crippen molar-refractivity contribution >= 4 is 14.0 Å². The van der Waals surface area contributed by atoms with Crippen molar-refractivity contribution in [2.24, 2.45) is 0 Å². The standard InChI is InChI=1S/C27H29FNO5P/c1-6-27(25(30)31,35(33)34-5)26(4,32)23-21(18-12-14-20(28)15-13-18)16-22(29-24(23)17(2)3)19-10-8-7-9-11-19/h6-17,32,35H,1H2,2-5H3,(H,30,31). The third-order valence-electron chi connectivity index (χ3n) is 6.22. The van der Waals surface area contributed by atoms with Crippen molar-refractivity contribution in [2.45, 2.75) is 37.4 Å². The highest BCUT2D eigenvalue weighted by atomic mass is 31.1. The van der Waals surface area contributed by atoms with Gasteiger partial charge in [-0.05, 0) is 42.2 Å². The highest BCUT2D eigenvalue weighted by Crippen LogP contribution is 2.55. The summed E-state index contributed by atoms with van der Waals surface area (Å²) in [5, 5.41) is 19.9. The molecule has 8 heteroatoms. The number of carboxylic acids is 1. The van der Waals surface area contributed by atoms with Crippen LogP contribution < -0.4 is 0 Å². The predicted molar refractivity (Wildman–Crippen MR) is 135 cm³/mol. The van der Waals surface area contributed by atoms with Crippen LogP contribution in [0.15, 0.2) is 73.3 Å². The highest BCUT2D eigenvalue weighted by molar-refractivity contribution is 7.43. The van der Waals surface area contributed by atoms with Crippen LogP contribution in [0.2, 0.25) is 0 Å². The predicted octanol–water partition coefficient (Wildman–Crippen LogP) is 6.02. The van der Waals surface area contributed by atoms with E-state index in [0.29, 0.717) is 22.5 Å². The largest absolute Gasteiger partial charge is 0.480 e. The molecule has 3 unspecified atom stereocenters. The van der Waals surface area contributed by atoms with Crippen LogP contribution in [0.4, 0.5) is 4.39 Å². The summed E-state index contributed by atoms with van der Waals surface area (Å²) < 4.78 is 31.8. The number of aliphatic carboxylic acids is 1. The Hall–Kier alpha value is -3.12. The summed E-state index contributed by atoms with van der Waals surface area (Å²) in [6.45, 7) is 8.61. The van der Waals surface area contributed by atoms with Gasteiger partial charge in [0, 0.05) is 18.2 Å². The van der Waals surface area contributed by atoms with Gasteiger partial charge in [0.25, 0.3) is 0 Å². The SMILES string of the molecule is C=CC(C(=O)O)([PH](=O)OC)C(C)(O)c1c(-c2ccc(F)cc2)cc(-c2ccccc2)nc1C(C)C. The molecule has 1 heterocycles. The number of carboxylic acid groups (broad SMARTS) is 1. The van der Waals surface area contributed by atoms with Crippen LogP contribution in [0.5, 0.6) is 0 Å². The van der Waals surface area contributed by atoms with Crippen LogP contribution in [-0.4, -0.2) is 33.4 Å². The zero-order valence-electron chi connectivity index (χ0n) is 20.1. The number of benzene rings is 2. The number of hydrogen-bond acceptors (Lipinski definition) is 5. The molecule has 0 amide bonds. The number of aromatic nitrogens is 1. The summed E-state index contributed by atoms with van der Waals surface area (Å²) >= 11 is 0. The molecule has 184 valence electrons. The number of pyridine rings is 1. The van der Waals surface area contributed by atoms with E-state index in [-0.39, 0.29) is 11.5 Å². The minimum atomic E-state index is -3.39. The Kier molecular flexibility index (Phi) is 7.75. The topological polar surface area (TPSA) is 96.7 Å². The van der Waals surface area contributed by atoms with Crippen LogP contribution in [0.1, 0.15) is 37.9 Å². The van der Waals surface area contributed by atoms with E-state index >= 15 is 0 Å². The molecule has 0 saturated heterocycles. The second kappa shape index (κ2) is 10.2. The average molecular weight is 498 g/mol. The van der Waals surface area contributed by atoms with Gasteiger partial charge in [0.05, 0.1) is 11.4 Å². The first kappa shape index (κ1) is 26.5. The lowest BCUT2D eigenvalue weighted by Crippen LogP contribution is -2.52. The molecule has 0 aliphatic heterocycles. The third-order valence-corrected chi connectivity index (χ3v) is 8.14. The minimum absolute atomic E-state index is 0.163. The minimum Gasteiger partial charge on any atom is -0.480 e. The zero-order chi connectivity index (χ0) is 26.0. The van der Waals surface area contributed by atoms with Gasteiger partial charge in [-0.3, -0.25) is 14.3 Å². The van der Waals surface area contributed by atoms with Gasteiger partial charge in [0.2, 0.25) is 8.03 Å². The molecule has 0 saturated carbocycles. The first-order valence-corrected chi connectivity index (χ1v) is 12.4. The number of halogens is 1. The van der Waals surface area contributed by atoms with Crippen LogP contribution in [0.25, 0.3) is 22.4 Å². The Labute approximate surface area is 205 Å². The van der Waals surface area contributed by atoms with Gasteiger partial charge < -0.3 is 14.7 Å². The molecule has 35 heavy (non-hydrogen) atoms. The molecule has 2 N–H and O–H groups in total. The van der Waals surface area contributed by atoms with Gasteiger partial charge in [-0.2, -0.15) is 0 Å². The quantitative estimate of drug-likeness (QED) is 0.277. The maximum atomic E-state index is 13.8. The van der Waals surface area contributed by atoms with E-state index < -0.39 is 30.6 Å². The number of aliphatic hydroxyl groups is 1. The van der Waals surface area contributed by atoms with E-state index in [2.05, 4.69) is 6.58 Å². The summed E-state index contributed by atoms with van der Waals surface area (Å²) in [5.74, 6) is -2.26. The Morgan fingerprint density at radius 3 is 2.23 bits per heavy atom. The molecule has 3 atom stereocenters. The van der Waals surface area contributed by atoms with Crippen LogP contribution in [-0.2, 0) is 19.5 Å². The number of carbonyl (C=O) groups is 1. The molecular formula is C27H29FNO5P. The molecule has 0 spiro atoms. The molecular weight excluding hydrogens is 468 g/mol. The lowest BCUT2D eigenvalue weighted by molar-refractivity contribution is -0.146. The highest BCUT2D eigenvalue weighted by Gasteiger charge is 2.59. The van der Waals surface area contributed by atoms with Crippen LogP contribution >= 0.6 is 8.03 Å². The zero-order valence-corrected chi connectivity index (χ0v) is 21.1. The molecule has 0 fully saturated rings. The van der Waals surface area contributed by atoms with Crippen molar-refractivity contribution in [3.8, 4) is 22.4 Å². The van der Waals surface area contributed by atoms with E-state index in [0.717, 1.165) is 18.7 Å². The van der Waals surface area contributed by atoms with E-state index in [1.807, 2.05) is 44.2 Å². The van der Waals surface area contributed by atoms with E-state index in [1.165, 1.54) is 19.1 Å². The molecule has 3 aromatic rings. The molecule has 1 aromatic heterocycles. The first-order chi connectivity index (χ1) is 16.5. The van der Waals surface area contributed by atoms with Crippen molar-refractivity contribution in [2.75, 3.05) is 7.11 Å². The van der Waals surface area contributed by atoms with Crippen LogP contribution in [0.3, 0.4) is 0 Å². The Morgan fingerprint density at radius 1 is 1.14 bits per heavy atom. The average Bonchev–Trinajstić information content (AvgIpc) is 2.84. The van der Waals surface area contributed by atoms with Crippen molar-refractivity contribution in [1.82, 2.24) is 4.98 Å². The fourth-order valence-electron chi connectivity index (χ4n) is 4.33. The Bertz CT molecular complexity index is 1260. The summed E-state index contributed by atoms with van der Waals surface area (Å²) in [4.78, 5) is 17.4. The van der Waals surface area contributed by atoms with Crippen molar-refractivity contribution < 1.29 is 28.5 Å². The number of rotatable bonds is 9. The fourth-order valence-corrected chi connectivity index (χ4v) is 5.52. The maximum absolute atomic E-state index is 13.8. The summed E-state index contributed by atoms with van der Waals surface area (Å²) in [6.07, 6.45) is 0.962. The lowest BCUT2D eigenvalue weighted by atomic mass is 9.75. The van der Waals surface area contributed by atoms with Gasteiger partial charge in [0.15, 0.2) is 5.16 Å². The molecule has 0 aliphatic rings. The lowest BCUT2D eigenvalue weighted by Gasteiger charge is -2.41. The molecule has 0 radical (unpaired) electrons. The van der Waals surface area contributed by atoms with Gasteiger partial charge in [-0.25, -0.2) is 4.39 Å². The van der Waals surface area contributed by atoms with E-state index in [9.17, 15) is 24.0 Å². The Morgan fingerprint density at radius 2 is 1.74 bits per heavy atom. The number of nitrogens with zero attached hydrogens (tertiary/aromatic N) is 1. The molecule has 2 aromatic carbocycles. The van der Waals surface area contributed by atoms with Crippen LogP contribution in [0, 0.1) is 5.82 Å². The molecule has 0 bridgehead atoms. The first-order valence-electron chi connectivity index (χ1n) is 11.1. The van der Waals surface area contributed by atoms with Crippen molar-refractivity contribution in [3.63, 3.8) is 0 Å². The maximum Gasteiger partial charge on any atom is 0.326 e. The Balaban J connectivity index is 2.50. The number of hydrogen-bond donors (Lipinski definition) is 2. The normalized spacial score (nSPS) is 15.7. The third kappa shape index (κ3) is 4.59. The second-order valence-corrected chi connectivity index (χ2v) is 10.5. The monoisotopic (exact) mass is 497 g/mol. The van der Waals surface area contributed by atoms with Gasteiger partial charge in [0.1, 0.15) is 11.4 Å². The second-order valence-electron chi connectivity index (χ2n) is 8.72.